The molecule has 1 atom stereocenters. The number of aromatic nitrogens is 1. The van der Waals surface area contributed by atoms with Gasteiger partial charge in [0, 0.05) is 24.0 Å². The van der Waals surface area contributed by atoms with Crippen LogP contribution in [0.1, 0.15) is 29.7 Å². The fraction of sp³-hybridized carbons (Fsp3) is 0.412. The second kappa shape index (κ2) is 7.81. The van der Waals surface area contributed by atoms with E-state index in [2.05, 4.69) is 10.3 Å². The van der Waals surface area contributed by atoms with Crippen molar-refractivity contribution < 1.29 is 17.6 Å². The van der Waals surface area contributed by atoms with Crippen LogP contribution in [0.2, 0.25) is 0 Å². The molecule has 1 amide bonds. The third kappa shape index (κ3) is 4.66. The molecule has 1 saturated heterocycles. The number of carbonyl (C=O) groups excluding carboxylic acids is 1. The van der Waals surface area contributed by atoms with E-state index < -0.39 is 16.1 Å². The van der Waals surface area contributed by atoms with Crippen molar-refractivity contribution in [3.63, 3.8) is 0 Å². The molecule has 0 radical (unpaired) electrons. The van der Waals surface area contributed by atoms with Gasteiger partial charge in [0.15, 0.2) is 5.13 Å². The first kappa shape index (κ1) is 18.9. The summed E-state index contributed by atoms with van der Waals surface area (Å²) in [4.78, 5) is 17.6. The average Bonchev–Trinajstić information content (AvgIpc) is 3.01. The van der Waals surface area contributed by atoms with E-state index in [4.69, 9.17) is 0 Å². The predicted molar refractivity (Wildman–Crippen MR) is 99.1 cm³/mol. The number of nitrogens with one attached hydrogen (secondary N) is 1. The Kier molecular flexibility index (Phi) is 5.69. The number of hydrogen-bond acceptors (Lipinski definition) is 5. The summed E-state index contributed by atoms with van der Waals surface area (Å²) in [7, 11) is -3.43. The van der Waals surface area contributed by atoms with Gasteiger partial charge in [-0.25, -0.2) is 17.8 Å². The van der Waals surface area contributed by atoms with Gasteiger partial charge in [0.1, 0.15) is 11.9 Å². The minimum Gasteiger partial charge on any atom is -0.301 e. The normalized spacial score (nSPS) is 18.6. The molecule has 0 aliphatic carbocycles. The zero-order chi connectivity index (χ0) is 18.7. The first-order valence-electron chi connectivity index (χ1n) is 8.30. The predicted octanol–water partition coefficient (Wildman–Crippen LogP) is 2.63. The highest BCUT2D eigenvalue weighted by Crippen LogP contribution is 2.24. The number of amides is 1. The molecule has 26 heavy (non-hydrogen) atoms. The molecule has 0 bridgehead atoms. The highest BCUT2D eigenvalue weighted by Gasteiger charge is 2.34. The Labute approximate surface area is 156 Å². The van der Waals surface area contributed by atoms with Crippen LogP contribution in [0.25, 0.3) is 0 Å². The quantitative estimate of drug-likeness (QED) is 0.841. The van der Waals surface area contributed by atoms with Crippen LogP contribution < -0.4 is 5.32 Å². The van der Waals surface area contributed by atoms with Crippen molar-refractivity contribution in [2.45, 2.75) is 31.7 Å². The number of rotatable bonds is 5. The molecule has 0 unspecified atom stereocenters. The van der Waals surface area contributed by atoms with E-state index in [0.717, 1.165) is 29.5 Å². The molecule has 2 aromatic rings. The van der Waals surface area contributed by atoms with Crippen LogP contribution in [0.3, 0.4) is 0 Å². The lowest BCUT2D eigenvalue weighted by Gasteiger charge is -2.32. The van der Waals surface area contributed by atoms with E-state index in [-0.39, 0.29) is 11.7 Å². The maximum Gasteiger partial charge on any atom is 0.244 e. The van der Waals surface area contributed by atoms with Gasteiger partial charge in [-0.1, -0.05) is 18.6 Å². The molecular weight excluding hydrogens is 377 g/mol. The Balaban J connectivity index is 1.67. The second-order valence-corrected chi connectivity index (χ2v) is 9.36. The van der Waals surface area contributed by atoms with Gasteiger partial charge in [0.2, 0.25) is 15.9 Å². The van der Waals surface area contributed by atoms with E-state index in [0.29, 0.717) is 24.5 Å². The minimum absolute atomic E-state index is 0.293. The molecular formula is C17H20FN3O3S2. The highest BCUT2D eigenvalue weighted by atomic mass is 32.2. The van der Waals surface area contributed by atoms with Crippen LogP contribution in [0.4, 0.5) is 9.52 Å². The molecule has 140 valence electrons. The van der Waals surface area contributed by atoms with Gasteiger partial charge in [-0.05, 0) is 30.5 Å². The first-order valence-corrected chi connectivity index (χ1v) is 11.0. The van der Waals surface area contributed by atoms with Crippen molar-refractivity contribution in [3.05, 3.63) is 46.7 Å². The first-order chi connectivity index (χ1) is 12.3. The maximum absolute atomic E-state index is 13.3. The van der Waals surface area contributed by atoms with Gasteiger partial charge in [-0.15, -0.1) is 11.3 Å². The lowest BCUT2D eigenvalue weighted by molar-refractivity contribution is -0.120. The smallest absolute Gasteiger partial charge is 0.244 e. The number of halogens is 1. The van der Waals surface area contributed by atoms with Crippen LogP contribution in [0.15, 0.2) is 30.5 Å². The molecule has 1 aromatic carbocycles. The molecule has 1 N–H and O–H groups in total. The van der Waals surface area contributed by atoms with Crippen molar-refractivity contribution in [1.82, 2.24) is 9.29 Å². The van der Waals surface area contributed by atoms with E-state index in [1.165, 1.54) is 27.8 Å². The maximum atomic E-state index is 13.3. The van der Waals surface area contributed by atoms with Gasteiger partial charge in [0.05, 0.1) is 6.26 Å². The molecule has 9 heteroatoms. The van der Waals surface area contributed by atoms with Crippen molar-refractivity contribution >= 4 is 32.4 Å². The van der Waals surface area contributed by atoms with Crippen LogP contribution in [-0.4, -0.2) is 42.5 Å². The number of piperidine rings is 1. The molecule has 1 fully saturated rings. The van der Waals surface area contributed by atoms with E-state index in [1.807, 2.05) is 6.07 Å². The molecule has 1 aromatic heterocycles. The third-order valence-electron chi connectivity index (χ3n) is 4.23. The van der Waals surface area contributed by atoms with Crippen LogP contribution in [-0.2, 0) is 21.2 Å². The average molecular weight is 397 g/mol. The van der Waals surface area contributed by atoms with Crippen molar-refractivity contribution in [1.29, 1.82) is 0 Å². The summed E-state index contributed by atoms with van der Waals surface area (Å²) in [5, 5.41) is 3.14. The summed E-state index contributed by atoms with van der Waals surface area (Å²) in [5.74, 6) is -0.652. The Morgan fingerprint density at radius 1 is 1.42 bits per heavy atom. The van der Waals surface area contributed by atoms with Gasteiger partial charge < -0.3 is 5.32 Å². The SMILES string of the molecule is CS(=O)(=O)N1CCCC[C@H]1C(=O)Nc1ncc(Cc2cccc(F)c2)s1. The summed E-state index contributed by atoms with van der Waals surface area (Å²) in [5.41, 5.74) is 0.821. The van der Waals surface area contributed by atoms with Crippen molar-refractivity contribution in [2.75, 3.05) is 18.1 Å². The molecule has 2 heterocycles. The number of sulfonamides is 1. The fourth-order valence-electron chi connectivity index (χ4n) is 3.05. The lowest BCUT2D eigenvalue weighted by Crippen LogP contribution is -2.49. The third-order valence-corrected chi connectivity index (χ3v) is 6.44. The Morgan fingerprint density at radius 2 is 2.23 bits per heavy atom. The van der Waals surface area contributed by atoms with E-state index >= 15 is 0 Å². The number of nitrogens with zero attached hydrogens (tertiary/aromatic N) is 2. The summed E-state index contributed by atoms with van der Waals surface area (Å²) >= 11 is 1.30. The number of carbonyl (C=O) groups is 1. The summed E-state index contributed by atoms with van der Waals surface area (Å²) < 4.78 is 38.3. The van der Waals surface area contributed by atoms with E-state index in [1.54, 1.807) is 12.3 Å². The highest BCUT2D eigenvalue weighted by molar-refractivity contribution is 7.88. The number of anilines is 1. The van der Waals surface area contributed by atoms with Gasteiger partial charge >= 0.3 is 0 Å². The number of thiazole rings is 1. The van der Waals surface area contributed by atoms with Crippen molar-refractivity contribution in [2.24, 2.45) is 0 Å². The molecule has 0 spiro atoms. The van der Waals surface area contributed by atoms with Gasteiger partial charge in [0.25, 0.3) is 0 Å². The second-order valence-electron chi connectivity index (χ2n) is 6.31. The monoisotopic (exact) mass is 397 g/mol. The van der Waals surface area contributed by atoms with Crippen LogP contribution >= 0.6 is 11.3 Å². The van der Waals surface area contributed by atoms with E-state index in [9.17, 15) is 17.6 Å². The Hall–Kier alpha value is -1.84. The van der Waals surface area contributed by atoms with Crippen molar-refractivity contribution in [3.8, 4) is 0 Å². The molecule has 1 aliphatic heterocycles. The Bertz CT molecular complexity index is 898. The topological polar surface area (TPSA) is 79.4 Å². The molecule has 1 aliphatic rings. The zero-order valence-corrected chi connectivity index (χ0v) is 15.9. The minimum atomic E-state index is -3.43. The van der Waals surface area contributed by atoms with Gasteiger partial charge in [-0.2, -0.15) is 4.31 Å². The zero-order valence-electron chi connectivity index (χ0n) is 14.3. The molecule has 0 saturated carbocycles. The molecule has 3 rings (SSSR count). The van der Waals surface area contributed by atoms with Crippen LogP contribution in [0.5, 0.6) is 0 Å². The summed E-state index contributed by atoms with van der Waals surface area (Å²) in [6.45, 7) is 0.361. The molecule has 6 nitrogen and oxygen atoms in total. The summed E-state index contributed by atoms with van der Waals surface area (Å²) in [6.07, 6.45) is 5.35. The number of hydrogen-bond donors (Lipinski definition) is 1. The standard InChI is InChI=1S/C17H20FN3O3S2/c1-26(23,24)21-8-3-2-7-15(21)16(22)20-17-19-11-14(25-17)10-12-5-4-6-13(18)9-12/h4-6,9,11,15H,2-3,7-8,10H2,1H3,(H,19,20,22)/t15-/m0/s1. The largest absolute Gasteiger partial charge is 0.301 e. The summed E-state index contributed by atoms with van der Waals surface area (Å²) in [6, 6.07) is 5.63. The fourth-order valence-corrected chi connectivity index (χ4v) is 5.02. The van der Waals surface area contributed by atoms with Crippen LogP contribution in [0, 0.1) is 5.82 Å². The van der Waals surface area contributed by atoms with Gasteiger partial charge in [-0.3, -0.25) is 4.79 Å². The lowest BCUT2D eigenvalue weighted by atomic mass is 10.0. The Morgan fingerprint density at radius 3 is 2.96 bits per heavy atom. The number of benzene rings is 1.